The maximum Gasteiger partial charge on any atom is 0.128 e. The van der Waals surface area contributed by atoms with Gasteiger partial charge in [-0.3, -0.25) is 4.98 Å². The van der Waals surface area contributed by atoms with Crippen molar-refractivity contribution >= 4 is 10.9 Å². The normalized spacial score (nSPS) is 14.1. The Hall–Kier alpha value is -2.33. The monoisotopic (exact) mass is 321 g/mol. The van der Waals surface area contributed by atoms with Crippen molar-refractivity contribution in [2.75, 3.05) is 6.54 Å². The minimum absolute atomic E-state index is 0.434. The minimum Gasteiger partial charge on any atom is -0.507 e. The van der Waals surface area contributed by atoms with Gasteiger partial charge in [0.25, 0.3) is 0 Å². The van der Waals surface area contributed by atoms with Gasteiger partial charge in [-0.15, -0.1) is 0 Å². The van der Waals surface area contributed by atoms with E-state index < -0.39 is 0 Å². The lowest BCUT2D eigenvalue weighted by Crippen LogP contribution is -2.24. The van der Waals surface area contributed by atoms with Crippen molar-refractivity contribution < 1.29 is 5.11 Å². The van der Waals surface area contributed by atoms with Crippen LogP contribution in [0.2, 0.25) is 0 Å². The number of benzene rings is 1. The summed E-state index contributed by atoms with van der Waals surface area (Å²) in [7, 11) is 0. The molecule has 0 unspecified atom stereocenters. The SMILES string of the molecule is Cc1ccc(CCn2c3c(c4c(O)c(C)ccc42)CNCC3)cn1. The van der Waals surface area contributed by atoms with Gasteiger partial charge in [0.15, 0.2) is 0 Å². The van der Waals surface area contributed by atoms with E-state index in [-0.39, 0.29) is 0 Å². The molecular formula is C20H23N3O. The molecule has 4 rings (SSSR count). The Balaban J connectivity index is 1.77. The number of aryl methyl sites for hydroxylation is 4. The van der Waals surface area contributed by atoms with Crippen molar-refractivity contribution in [1.29, 1.82) is 0 Å². The summed E-state index contributed by atoms with van der Waals surface area (Å²) in [4.78, 5) is 4.40. The number of nitrogens with one attached hydrogen (secondary N) is 1. The summed E-state index contributed by atoms with van der Waals surface area (Å²) in [5.74, 6) is 0.434. The van der Waals surface area contributed by atoms with Gasteiger partial charge in [0.05, 0.1) is 5.52 Å². The molecule has 124 valence electrons. The van der Waals surface area contributed by atoms with Gasteiger partial charge in [-0.25, -0.2) is 0 Å². The highest BCUT2D eigenvalue weighted by Gasteiger charge is 2.22. The van der Waals surface area contributed by atoms with Gasteiger partial charge in [0.2, 0.25) is 0 Å². The smallest absolute Gasteiger partial charge is 0.128 e. The number of nitrogens with zero attached hydrogens (tertiary/aromatic N) is 2. The lowest BCUT2D eigenvalue weighted by molar-refractivity contribution is 0.477. The van der Waals surface area contributed by atoms with E-state index in [0.717, 1.165) is 54.6 Å². The van der Waals surface area contributed by atoms with Crippen LogP contribution >= 0.6 is 0 Å². The predicted molar refractivity (Wildman–Crippen MR) is 96.4 cm³/mol. The minimum atomic E-state index is 0.434. The lowest BCUT2D eigenvalue weighted by atomic mass is 10.0. The molecule has 0 saturated heterocycles. The first kappa shape index (κ1) is 15.2. The van der Waals surface area contributed by atoms with E-state index in [1.54, 1.807) is 0 Å². The molecule has 2 N–H and O–H groups in total. The summed E-state index contributed by atoms with van der Waals surface area (Å²) in [5.41, 5.74) is 7.02. The zero-order valence-electron chi connectivity index (χ0n) is 14.3. The molecule has 1 aliphatic rings. The Bertz CT molecular complexity index is 894. The number of phenolic OH excluding ortho intramolecular Hbond substituents is 1. The van der Waals surface area contributed by atoms with E-state index in [1.807, 2.05) is 26.1 Å². The van der Waals surface area contributed by atoms with Crippen LogP contribution in [0.25, 0.3) is 10.9 Å². The fourth-order valence-corrected chi connectivity index (χ4v) is 3.70. The number of phenols is 1. The van der Waals surface area contributed by atoms with Crippen LogP contribution in [0.15, 0.2) is 30.5 Å². The molecule has 0 radical (unpaired) electrons. The largest absolute Gasteiger partial charge is 0.507 e. The summed E-state index contributed by atoms with van der Waals surface area (Å²) in [6, 6.07) is 8.39. The molecule has 1 aromatic carbocycles. The fourth-order valence-electron chi connectivity index (χ4n) is 3.70. The second-order valence-corrected chi connectivity index (χ2v) is 6.69. The summed E-state index contributed by atoms with van der Waals surface area (Å²) < 4.78 is 2.39. The van der Waals surface area contributed by atoms with Gasteiger partial charge in [0.1, 0.15) is 5.75 Å². The highest BCUT2D eigenvalue weighted by Crippen LogP contribution is 2.36. The molecule has 4 nitrogen and oxygen atoms in total. The molecule has 0 aliphatic carbocycles. The second-order valence-electron chi connectivity index (χ2n) is 6.69. The van der Waals surface area contributed by atoms with E-state index in [1.165, 1.54) is 16.8 Å². The van der Waals surface area contributed by atoms with Crippen molar-refractivity contribution in [3.63, 3.8) is 0 Å². The molecule has 3 aromatic rings. The number of aromatic nitrogens is 2. The molecule has 0 amide bonds. The quantitative estimate of drug-likeness (QED) is 0.778. The Kier molecular flexibility index (Phi) is 3.77. The third-order valence-electron chi connectivity index (χ3n) is 5.06. The van der Waals surface area contributed by atoms with Crippen molar-refractivity contribution in [3.8, 4) is 5.75 Å². The molecule has 1 aliphatic heterocycles. The van der Waals surface area contributed by atoms with Gasteiger partial charge in [-0.2, -0.15) is 0 Å². The van der Waals surface area contributed by atoms with Crippen molar-refractivity contribution in [2.45, 2.75) is 39.8 Å². The lowest BCUT2D eigenvalue weighted by Gasteiger charge is -2.17. The average molecular weight is 321 g/mol. The summed E-state index contributed by atoms with van der Waals surface area (Å²) in [6.07, 6.45) is 3.93. The van der Waals surface area contributed by atoms with Crippen LogP contribution in [0.4, 0.5) is 0 Å². The molecule has 3 heterocycles. The Morgan fingerprint density at radius 2 is 2.08 bits per heavy atom. The molecule has 24 heavy (non-hydrogen) atoms. The van der Waals surface area contributed by atoms with Crippen molar-refractivity contribution in [2.24, 2.45) is 0 Å². The zero-order valence-corrected chi connectivity index (χ0v) is 14.3. The van der Waals surface area contributed by atoms with E-state index in [9.17, 15) is 5.11 Å². The van der Waals surface area contributed by atoms with Gasteiger partial charge < -0.3 is 15.0 Å². The fraction of sp³-hybridized carbons (Fsp3) is 0.350. The highest BCUT2D eigenvalue weighted by molar-refractivity contribution is 5.92. The number of pyridine rings is 1. The van der Waals surface area contributed by atoms with Crippen LogP contribution in [0.3, 0.4) is 0 Å². The van der Waals surface area contributed by atoms with Gasteiger partial charge in [-0.1, -0.05) is 12.1 Å². The molecule has 0 fully saturated rings. The number of hydrogen-bond donors (Lipinski definition) is 2. The van der Waals surface area contributed by atoms with Crippen LogP contribution < -0.4 is 5.32 Å². The van der Waals surface area contributed by atoms with E-state index >= 15 is 0 Å². The van der Waals surface area contributed by atoms with Crippen LogP contribution in [0.1, 0.15) is 28.1 Å². The Morgan fingerprint density at radius 1 is 1.21 bits per heavy atom. The maximum absolute atomic E-state index is 10.6. The van der Waals surface area contributed by atoms with E-state index in [0.29, 0.717) is 5.75 Å². The van der Waals surface area contributed by atoms with Crippen molar-refractivity contribution in [1.82, 2.24) is 14.9 Å². The number of fused-ring (bicyclic) bond motifs is 3. The molecule has 2 aromatic heterocycles. The topological polar surface area (TPSA) is 50.1 Å². The van der Waals surface area contributed by atoms with Crippen LogP contribution in [-0.2, 0) is 25.9 Å². The Morgan fingerprint density at radius 3 is 2.88 bits per heavy atom. The zero-order chi connectivity index (χ0) is 16.7. The maximum atomic E-state index is 10.6. The van der Waals surface area contributed by atoms with E-state index in [2.05, 4.69) is 33.1 Å². The number of hydrogen-bond acceptors (Lipinski definition) is 3. The molecule has 0 saturated carbocycles. The van der Waals surface area contributed by atoms with Gasteiger partial charge in [-0.05, 0) is 49.1 Å². The Labute approximate surface area is 142 Å². The van der Waals surface area contributed by atoms with Gasteiger partial charge in [0, 0.05) is 49.0 Å². The first-order valence-corrected chi connectivity index (χ1v) is 8.60. The third-order valence-corrected chi connectivity index (χ3v) is 5.06. The molecule has 4 heteroatoms. The molecule has 0 atom stereocenters. The second kappa shape index (κ2) is 5.95. The predicted octanol–water partition coefficient (Wildman–Crippen LogP) is 3.25. The van der Waals surface area contributed by atoms with Crippen LogP contribution in [-0.4, -0.2) is 21.2 Å². The summed E-state index contributed by atoms with van der Waals surface area (Å²) in [6.45, 7) is 6.72. The molecule has 0 spiro atoms. The standard InChI is InChI=1S/C20H23N3O/c1-13-3-6-18-19(20(13)24)16-12-21-9-7-17(16)23(18)10-8-15-5-4-14(2)22-11-15/h3-6,11,21,24H,7-10,12H2,1-2H3. The van der Waals surface area contributed by atoms with Crippen molar-refractivity contribution in [3.05, 3.63) is 58.5 Å². The van der Waals surface area contributed by atoms with E-state index in [4.69, 9.17) is 0 Å². The molecule has 0 bridgehead atoms. The van der Waals surface area contributed by atoms with Crippen LogP contribution in [0, 0.1) is 13.8 Å². The first-order chi connectivity index (χ1) is 11.6. The number of rotatable bonds is 3. The molecular weight excluding hydrogens is 298 g/mol. The third kappa shape index (κ3) is 2.47. The first-order valence-electron chi connectivity index (χ1n) is 8.60. The highest BCUT2D eigenvalue weighted by atomic mass is 16.3. The number of aromatic hydroxyl groups is 1. The van der Waals surface area contributed by atoms with Gasteiger partial charge >= 0.3 is 0 Å². The van der Waals surface area contributed by atoms with Crippen LogP contribution in [0.5, 0.6) is 5.75 Å². The summed E-state index contributed by atoms with van der Waals surface area (Å²) >= 11 is 0. The average Bonchev–Trinajstić information content (AvgIpc) is 2.92. The summed E-state index contributed by atoms with van der Waals surface area (Å²) in [5, 5.41) is 15.1.